The zero-order chi connectivity index (χ0) is 22.8. The molecule has 0 radical (unpaired) electrons. The number of aromatic nitrogens is 5. The van der Waals surface area contributed by atoms with Crippen LogP contribution >= 0.6 is 0 Å². The number of imidazole rings is 1. The molecule has 2 aliphatic heterocycles. The Balaban J connectivity index is 1.25. The minimum Gasteiger partial charge on any atom is -0.337 e. The Labute approximate surface area is 198 Å². The fourth-order valence-electron chi connectivity index (χ4n) is 5.84. The van der Waals surface area contributed by atoms with Crippen molar-refractivity contribution in [3.63, 3.8) is 0 Å². The number of carbonyl (C=O) groups is 1. The number of piperidine rings is 1. The topological polar surface area (TPSA) is 80.9 Å². The van der Waals surface area contributed by atoms with Crippen LogP contribution in [0.1, 0.15) is 36.0 Å². The first-order chi connectivity index (χ1) is 16.7. The summed E-state index contributed by atoms with van der Waals surface area (Å²) in [6.45, 7) is 3.63. The summed E-state index contributed by atoms with van der Waals surface area (Å²) in [5.74, 6) is 2.34. The van der Waals surface area contributed by atoms with Gasteiger partial charge in [-0.05, 0) is 68.3 Å². The number of nitrogens with one attached hydrogen (secondary N) is 1. The predicted molar refractivity (Wildman–Crippen MR) is 130 cm³/mol. The Bertz CT molecular complexity index is 1420. The summed E-state index contributed by atoms with van der Waals surface area (Å²) in [7, 11) is 2.00. The molecule has 7 rings (SSSR count). The van der Waals surface area contributed by atoms with Gasteiger partial charge in [0.15, 0.2) is 11.5 Å². The van der Waals surface area contributed by atoms with Crippen molar-refractivity contribution in [1.29, 1.82) is 0 Å². The Hall–Kier alpha value is -3.26. The summed E-state index contributed by atoms with van der Waals surface area (Å²) in [4.78, 5) is 29.6. The first-order valence-corrected chi connectivity index (χ1v) is 12.5. The number of rotatable bonds is 4. The molecule has 6 heterocycles. The monoisotopic (exact) mass is 455 g/mol. The summed E-state index contributed by atoms with van der Waals surface area (Å²) in [6.07, 6.45) is 8.42. The van der Waals surface area contributed by atoms with Gasteiger partial charge in [0.25, 0.3) is 5.91 Å². The number of nitrogens with zero attached hydrogens (tertiary/aromatic N) is 6. The number of hydrogen-bond acceptors (Lipinski definition) is 5. The Morgan fingerprint density at radius 1 is 1.15 bits per heavy atom. The van der Waals surface area contributed by atoms with E-state index in [-0.39, 0.29) is 5.91 Å². The van der Waals surface area contributed by atoms with Gasteiger partial charge in [-0.1, -0.05) is 0 Å². The van der Waals surface area contributed by atoms with Crippen molar-refractivity contribution in [3.05, 3.63) is 42.2 Å². The average Bonchev–Trinajstić information content (AvgIpc) is 3.29. The van der Waals surface area contributed by atoms with E-state index in [1.807, 2.05) is 34.8 Å². The van der Waals surface area contributed by atoms with Gasteiger partial charge in [0, 0.05) is 50.5 Å². The number of likely N-dealkylation sites (tertiary alicyclic amines) is 1. The van der Waals surface area contributed by atoms with Crippen LogP contribution in [0.25, 0.3) is 33.7 Å². The lowest BCUT2D eigenvalue weighted by molar-refractivity contribution is 0.0669. The third kappa shape index (κ3) is 3.23. The maximum absolute atomic E-state index is 13.3. The van der Waals surface area contributed by atoms with Gasteiger partial charge in [-0.15, -0.1) is 0 Å². The molecule has 0 aromatic carbocycles. The van der Waals surface area contributed by atoms with E-state index in [2.05, 4.69) is 32.0 Å². The molecule has 2 atom stereocenters. The van der Waals surface area contributed by atoms with Crippen LogP contribution in [0.4, 0.5) is 0 Å². The molecule has 0 unspecified atom stereocenters. The molecule has 8 heteroatoms. The predicted octanol–water partition coefficient (Wildman–Crippen LogP) is 3.22. The molecule has 4 aromatic rings. The van der Waals surface area contributed by atoms with E-state index in [0.717, 1.165) is 66.3 Å². The van der Waals surface area contributed by atoms with Crippen LogP contribution in [-0.2, 0) is 13.6 Å². The van der Waals surface area contributed by atoms with Gasteiger partial charge in [-0.2, -0.15) is 0 Å². The van der Waals surface area contributed by atoms with Crippen LogP contribution < -0.4 is 5.32 Å². The second kappa shape index (κ2) is 7.63. The van der Waals surface area contributed by atoms with Crippen molar-refractivity contribution in [2.24, 2.45) is 18.9 Å². The van der Waals surface area contributed by atoms with E-state index < -0.39 is 0 Å². The minimum atomic E-state index is 0.0563. The van der Waals surface area contributed by atoms with Crippen LogP contribution in [0, 0.1) is 11.8 Å². The normalized spacial score (nSPS) is 22.6. The zero-order valence-corrected chi connectivity index (χ0v) is 19.4. The van der Waals surface area contributed by atoms with Gasteiger partial charge in [-0.3, -0.25) is 4.79 Å². The third-order valence-electron chi connectivity index (χ3n) is 7.94. The summed E-state index contributed by atoms with van der Waals surface area (Å²) in [5, 5.41) is 4.68. The Morgan fingerprint density at radius 2 is 2.06 bits per heavy atom. The van der Waals surface area contributed by atoms with E-state index in [9.17, 15) is 4.79 Å². The van der Waals surface area contributed by atoms with E-state index in [1.165, 1.54) is 19.3 Å². The molecule has 1 aliphatic carbocycles. The summed E-state index contributed by atoms with van der Waals surface area (Å²) >= 11 is 0. The standard InChI is InChI=1S/C26H29N7O/c1-31-24-20(11-19(13-29-24)26(34)32-10-7-17-6-9-27-21(17)15-32)30-25(31)22-12-18-3-2-8-28-23(18)33(22)14-16-4-5-16/h2-3,8,11-13,16-17,21,27H,4-7,9-10,14-15H2,1H3/t17-,21-/m1/s1. The molecule has 1 saturated carbocycles. The number of pyridine rings is 2. The lowest BCUT2D eigenvalue weighted by Gasteiger charge is -2.34. The lowest BCUT2D eigenvalue weighted by atomic mass is 9.92. The second-order valence-electron chi connectivity index (χ2n) is 10.2. The number of carbonyl (C=O) groups excluding carboxylic acids is 1. The molecular weight excluding hydrogens is 426 g/mol. The molecule has 4 aromatic heterocycles. The van der Waals surface area contributed by atoms with Crippen LogP contribution in [0.3, 0.4) is 0 Å². The molecule has 174 valence electrons. The van der Waals surface area contributed by atoms with Gasteiger partial charge in [-0.25, -0.2) is 15.0 Å². The quantitative estimate of drug-likeness (QED) is 0.511. The Kier molecular flexibility index (Phi) is 4.52. The third-order valence-corrected chi connectivity index (χ3v) is 7.94. The molecule has 2 saturated heterocycles. The molecule has 0 bridgehead atoms. The van der Waals surface area contributed by atoms with Crippen LogP contribution in [0.15, 0.2) is 36.7 Å². The molecule has 34 heavy (non-hydrogen) atoms. The summed E-state index contributed by atoms with van der Waals surface area (Å²) in [6, 6.07) is 8.60. The van der Waals surface area contributed by atoms with Crippen molar-refractivity contribution >= 4 is 28.1 Å². The fraction of sp³-hybridized carbons (Fsp3) is 0.462. The molecule has 3 fully saturated rings. The highest BCUT2D eigenvalue weighted by Gasteiger charge is 2.35. The number of hydrogen-bond donors (Lipinski definition) is 1. The fourth-order valence-corrected chi connectivity index (χ4v) is 5.84. The molecule has 8 nitrogen and oxygen atoms in total. The second-order valence-corrected chi connectivity index (χ2v) is 10.2. The van der Waals surface area contributed by atoms with Crippen LogP contribution in [0.2, 0.25) is 0 Å². The SMILES string of the molecule is Cn1c(-c2cc3cccnc3n2CC2CC2)nc2cc(C(=O)N3CC[C@H]4CCN[C@@H]4C3)cnc21. The molecule has 1 N–H and O–H groups in total. The van der Waals surface area contributed by atoms with Crippen molar-refractivity contribution in [2.45, 2.75) is 38.3 Å². The number of amides is 1. The Morgan fingerprint density at radius 3 is 2.94 bits per heavy atom. The highest BCUT2D eigenvalue weighted by atomic mass is 16.2. The highest BCUT2D eigenvalue weighted by molar-refractivity contribution is 5.97. The maximum Gasteiger partial charge on any atom is 0.255 e. The van der Waals surface area contributed by atoms with Crippen LogP contribution in [-0.4, -0.2) is 60.6 Å². The summed E-state index contributed by atoms with van der Waals surface area (Å²) in [5.41, 5.74) is 4.23. The van der Waals surface area contributed by atoms with Crippen molar-refractivity contribution < 1.29 is 4.79 Å². The molecule has 3 aliphatic rings. The minimum absolute atomic E-state index is 0.0563. The first kappa shape index (κ1) is 20.1. The van der Waals surface area contributed by atoms with Crippen LogP contribution in [0.5, 0.6) is 0 Å². The van der Waals surface area contributed by atoms with Crippen molar-refractivity contribution in [2.75, 3.05) is 19.6 Å². The summed E-state index contributed by atoms with van der Waals surface area (Å²) < 4.78 is 4.34. The van der Waals surface area contributed by atoms with Gasteiger partial charge in [0.1, 0.15) is 11.2 Å². The largest absolute Gasteiger partial charge is 0.337 e. The van der Waals surface area contributed by atoms with Gasteiger partial charge in [0.2, 0.25) is 0 Å². The number of aryl methyl sites for hydroxylation is 1. The molecule has 1 amide bonds. The average molecular weight is 456 g/mol. The van der Waals surface area contributed by atoms with Gasteiger partial charge < -0.3 is 19.4 Å². The molecular formula is C26H29N7O. The zero-order valence-electron chi connectivity index (χ0n) is 19.4. The first-order valence-electron chi connectivity index (χ1n) is 12.5. The highest BCUT2D eigenvalue weighted by Crippen LogP contribution is 2.35. The van der Waals surface area contributed by atoms with Crippen molar-refractivity contribution in [3.8, 4) is 11.5 Å². The lowest BCUT2D eigenvalue weighted by Crippen LogP contribution is -2.48. The van der Waals surface area contributed by atoms with E-state index >= 15 is 0 Å². The van der Waals surface area contributed by atoms with Gasteiger partial charge in [0.05, 0.1) is 11.3 Å². The molecule has 0 spiro atoms. The smallest absolute Gasteiger partial charge is 0.255 e. The van der Waals surface area contributed by atoms with E-state index in [4.69, 9.17) is 4.98 Å². The van der Waals surface area contributed by atoms with Crippen molar-refractivity contribution in [1.82, 2.24) is 34.3 Å². The van der Waals surface area contributed by atoms with E-state index in [1.54, 1.807) is 6.20 Å². The van der Waals surface area contributed by atoms with Gasteiger partial charge >= 0.3 is 0 Å². The maximum atomic E-state index is 13.3. The number of fused-ring (bicyclic) bond motifs is 3. The van der Waals surface area contributed by atoms with E-state index in [0.29, 0.717) is 23.4 Å².